The molecule has 6 heteroatoms. The van der Waals surface area contributed by atoms with Crippen LogP contribution in [-0.4, -0.2) is 29.0 Å². The van der Waals surface area contributed by atoms with Crippen LogP contribution < -0.4 is 16.4 Å². The van der Waals surface area contributed by atoms with Crippen molar-refractivity contribution in [2.45, 2.75) is 19.3 Å². The van der Waals surface area contributed by atoms with Crippen LogP contribution in [0, 0.1) is 5.92 Å². The lowest BCUT2D eigenvalue weighted by molar-refractivity contribution is -0.119. The van der Waals surface area contributed by atoms with Crippen LogP contribution in [0.25, 0.3) is 0 Å². The van der Waals surface area contributed by atoms with Crippen molar-refractivity contribution in [3.05, 3.63) is 23.9 Å². The number of aromatic nitrogens is 1. The largest absolute Gasteiger partial charge is 0.389 e. The van der Waals surface area contributed by atoms with Crippen LogP contribution in [-0.2, 0) is 4.79 Å². The number of hydrogen-bond acceptors (Lipinski definition) is 4. The molecule has 2 rings (SSSR count). The van der Waals surface area contributed by atoms with Gasteiger partial charge in [-0.3, -0.25) is 4.79 Å². The molecule has 0 atom stereocenters. The maximum Gasteiger partial charge on any atom is 0.217 e. The molecule has 1 aromatic rings. The van der Waals surface area contributed by atoms with Crippen LogP contribution in [0.3, 0.4) is 0 Å². The summed E-state index contributed by atoms with van der Waals surface area (Å²) in [6.45, 7) is 1.76. The van der Waals surface area contributed by atoms with Crippen LogP contribution in [0.1, 0.15) is 24.8 Å². The highest BCUT2D eigenvalue weighted by molar-refractivity contribution is 7.80. The Morgan fingerprint density at radius 3 is 2.68 bits per heavy atom. The predicted octanol–water partition coefficient (Wildman–Crippen LogP) is 0.808. The van der Waals surface area contributed by atoms with E-state index in [2.05, 4.69) is 9.88 Å². The van der Waals surface area contributed by atoms with Gasteiger partial charge in [0, 0.05) is 31.3 Å². The van der Waals surface area contributed by atoms with E-state index in [1.807, 2.05) is 12.1 Å². The Morgan fingerprint density at radius 1 is 1.42 bits per heavy atom. The van der Waals surface area contributed by atoms with Crippen molar-refractivity contribution in [1.82, 2.24) is 4.98 Å². The molecular formula is C13H18N4OS. The SMILES string of the molecule is NC(=O)CC1CCN(c2cc(C(N)=S)ccn2)CC1. The summed E-state index contributed by atoms with van der Waals surface area (Å²) in [6.07, 6.45) is 4.12. The number of anilines is 1. The molecule has 4 N–H and O–H groups in total. The summed E-state index contributed by atoms with van der Waals surface area (Å²) in [5.41, 5.74) is 11.7. The fraction of sp³-hybridized carbons (Fsp3) is 0.462. The summed E-state index contributed by atoms with van der Waals surface area (Å²) < 4.78 is 0. The number of amides is 1. The van der Waals surface area contributed by atoms with E-state index in [0.717, 1.165) is 37.3 Å². The summed E-state index contributed by atoms with van der Waals surface area (Å²) in [6, 6.07) is 3.72. The van der Waals surface area contributed by atoms with E-state index in [1.165, 1.54) is 0 Å². The summed E-state index contributed by atoms with van der Waals surface area (Å²) in [4.78, 5) is 17.8. The number of carbonyl (C=O) groups excluding carboxylic acids is 1. The molecule has 1 aliphatic heterocycles. The maximum atomic E-state index is 10.9. The van der Waals surface area contributed by atoms with E-state index in [0.29, 0.717) is 17.3 Å². The number of nitrogens with zero attached hydrogens (tertiary/aromatic N) is 2. The van der Waals surface area contributed by atoms with E-state index >= 15 is 0 Å². The molecule has 1 aliphatic rings. The lowest BCUT2D eigenvalue weighted by Gasteiger charge is -2.32. The van der Waals surface area contributed by atoms with E-state index in [1.54, 1.807) is 6.20 Å². The Hall–Kier alpha value is -1.69. The van der Waals surface area contributed by atoms with Crippen molar-refractivity contribution in [3.8, 4) is 0 Å². The Balaban J connectivity index is 1.99. The van der Waals surface area contributed by atoms with Gasteiger partial charge in [-0.2, -0.15) is 0 Å². The van der Waals surface area contributed by atoms with Gasteiger partial charge in [0.05, 0.1) is 0 Å². The van der Waals surface area contributed by atoms with Crippen LogP contribution in [0.4, 0.5) is 5.82 Å². The van der Waals surface area contributed by atoms with Crippen molar-refractivity contribution < 1.29 is 4.79 Å². The third-order valence-corrected chi connectivity index (χ3v) is 3.69. The van der Waals surface area contributed by atoms with Gasteiger partial charge >= 0.3 is 0 Å². The van der Waals surface area contributed by atoms with Crippen LogP contribution in [0.15, 0.2) is 18.3 Å². The van der Waals surface area contributed by atoms with E-state index in [4.69, 9.17) is 23.7 Å². The number of thiocarbonyl (C=S) groups is 1. The van der Waals surface area contributed by atoms with Gasteiger partial charge in [0.15, 0.2) is 0 Å². The fourth-order valence-electron chi connectivity index (χ4n) is 2.40. The smallest absolute Gasteiger partial charge is 0.217 e. The molecule has 5 nitrogen and oxygen atoms in total. The third-order valence-electron chi connectivity index (χ3n) is 3.46. The molecule has 2 heterocycles. The van der Waals surface area contributed by atoms with Crippen molar-refractivity contribution in [2.75, 3.05) is 18.0 Å². The van der Waals surface area contributed by atoms with Gasteiger partial charge in [0.1, 0.15) is 10.8 Å². The normalized spacial score (nSPS) is 16.3. The summed E-state index contributed by atoms with van der Waals surface area (Å²) in [7, 11) is 0. The third kappa shape index (κ3) is 3.64. The second-order valence-electron chi connectivity index (χ2n) is 4.87. The van der Waals surface area contributed by atoms with Crippen molar-refractivity contribution in [1.29, 1.82) is 0 Å². The Labute approximate surface area is 118 Å². The van der Waals surface area contributed by atoms with Gasteiger partial charge in [-0.25, -0.2) is 4.98 Å². The number of nitrogens with two attached hydrogens (primary N) is 2. The zero-order valence-corrected chi connectivity index (χ0v) is 11.5. The van der Waals surface area contributed by atoms with Gasteiger partial charge in [-0.15, -0.1) is 0 Å². The van der Waals surface area contributed by atoms with E-state index < -0.39 is 0 Å². The molecule has 0 aromatic carbocycles. The first kappa shape index (κ1) is 13.7. The highest BCUT2D eigenvalue weighted by Gasteiger charge is 2.21. The molecule has 0 aliphatic carbocycles. The molecule has 0 bridgehead atoms. The first-order chi connectivity index (χ1) is 9.06. The molecule has 19 heavy (non-hydrogen) atoms. The molecule has 0 spiro atoms. The van der Waals surface area contributed by atoms with Gasteiger partial charge in [0.2, 0.25) is 5.91 Å². The first-order valence-corrected chi connectivity index (χ1v) is 6.76. The zero-order chi connectivity index (χ0) is 13.8. The van der Waals surface area contributed by atoms with Crippen LogP contribution in [0.5, 0.6) is 0 Å². The molecule has 0 saturated carbocycles. The predicted molar refractivity (Wildman–Crippen MR) is 78.9 cm³/mol. The van der Waals surface area contributed by atoms with Gasteiger partial charge < -0.3 is 16.4 Å². The lowest BCUT2D eigenvalue weighted by Crippen LogP contribution is -2.35. The van der Waals surface area contributed by atoms with Crippen LogP contribution >= 0.6 is 12.2 Å². The standard InChI is InChI=1S/C13H18N4OS/c14-11(18)7-9-2-5-17(6-3-9)12-8-10(13(15)19)1-4-16-12/h1,4,8-9H,2-3,5-7H2,(H2,14,18)(H2,15,19). The van der Waals surface area contributed by atoms with Crippen molar-refractivity contribution in [2.24, 2.45) is 17.4 Å². The Bertz CT molecular complexity index is 483. The highest BCUT2D eigenvalue weighted by Crippen LogP contribution is 2.24. The minimum Gasteiger partial charge on any atom is -0.389 e. The van der Waals surface area contributed by atoms with E-state index in [-0.39, 0.29) is 5.91 Å². The number of primary amides is 1. The molecule has 1 fully saturated rings. The summed E-state index contributed by atoms with van der Waals surface area (Å²) >= 11 is 4.97. The number of piperidine rings is 1. The monoisotopic (exact) mass is 278 g/mol. The molecule has 102 valence electrons. The average molecular weight is 278 g/mol. The average Bonchev–Trinajstić information content (AvgIpc) is 2.39. The quantitative estimate of drug-likeness (QED) is 0.796. The molecular weight excluding hydrogens is 260 g/mol. The number of pyridine rings is 1. The number of hydrogen-bond donors (Lipinski definition) is 2. The van der Waals surface area contributed by atoms with Crippen molar-refractivity contribution >= 4 is 28.9 Å². The highest BCUT2D eigenvalue weighted by atomic mass is 32.1. The first-order valence-electron chi connectivity index (χ1n) is 6.35. The van der Waals surface area contributed by atoms with Gasteiger partial charge in [-0.05, 0) is 30.9 Å². The van der Waals surface area contributed by atoms with E-state index in [9.17, 15) is 4.79 Å². The summed E-state index contributed by atoms with van der Waals surface area (Å²) in [5.74, 6) is 1.07. The van der Waals surface area contributed by atoms with Crippen molar-refractivity contribution in [3.63, 3.8) is 0 Å². The van der Waals surface area contributed by atoms with Crippen LogP contribution in [0.2, 0.25) is 0 Å². The lowest BCUT2D eigenvalue weighted by atomic mass is 9.93. The topological polar surface area (TPSA) is 85.2 Å². The molecule has 0 radical (unpaired) electrons. The minimum absolute atomic E-state index is 0.216. The Kier molecular flexibility index (Phi) is 4.31. The molecule has 1 aromatic heterocycles. The molecule has 0 unspecified atom stereocenters. The Morgan fingerprint density at radius 2 is 2.11 bits per heavy atom. The zero-order valence-electron chi connectivity index (χ0n) is 10.7. The second-order valence-corrected chi connectivity index (χ2v) is 5.31. The molecule has 1 saturated heterocycles. The second kappa shape index (κ2) is 5.97. The van der Waals surface area contributed by atoms with Gasteiger partial charge in [-0.1, -0.05) is 12.2 Å². The fourth-order valence-corrected chi connectivity index (χ4v) is 2.52. The van der Waals surface area contributed by atoms with Gasteiger partial charge in [0.25, 0.3) is 0 Å². The molecule has 1 amide bonds. The number of carbonyl (C=O) groups is 1. The maximum absolute atomic E-state index is 10.9. The number of rotatable bonds is 4. The minimum atomic E-state index is -0.216. The summed E-state index contributed by atoms with van der Waals surface area (Å²) in [5, 5.41) is 0.